The number of hydrogen-bond donors (Lipinski definition) is 2. The number of fused-ring (bicyclic) bond motifs is 3. The van der Waals surface area contributed by atoms with Gasteiger partial charge in [0.2, 0.25) is 0 Å². The molecule has 0 bridgehead atoms. The zero-order valence-electron chi connectivity index (χ0n) is 25.3. The van der Waals surface area contributed by atoms with Gasteiger partial charge in [-0.15, -0.1) is 0 Å². The highest BCUT2D eigenvalue weighted by molar-refractivity contribution is 5.94. The molecule has 0 spiro atoms. The van der Waals surface area contributed by atoms with Crippen molar-refractivity contribution in [3.05, 3.63) is 168 Å². The summed E-state index contributed by atoms with van der Waals surface area (Å²) in [6, 6.07) is 46.4. The molecule has 4 nitrogen and oxygen atoms in total. The second-order valence-electron chi connectivity index (χ2n) is 11.8. The summed E-state index contributed by atoms with van der Waals surface area (Å²) < 4.78 is 2.38. The van der Waals surface area contributed by atoms with E-state index in [0.717, 1.165) is 52.2 Å². The number of aryl methyl sites for hydroxylation is 1. The number of hydrogen-bond acceptors (Lipinski definition) is 3. The van der Waals surface area contributed by atoms with Crippen LogP contribution in [0, 0.1) is 11.3 Å². The molecule has 2 N–H and O–H groups in total. The van der Waals surface area contributed by atoms with Gasteiger partial charge in [-0.2, -0.15) is 5.26 Å². The maximum absolute atomic E-state index is 9.50. The third kappa shape index (κ3) is 5.08. The zero-order chi connectivity index (χ0) is 30.9. The molecular formula is C42H32N4. The van der Waals surface area contributed by atoms with Crippen molar-refractivity contribution in [1.29, 1.82) is 5.26 Å². The van der Waals surface area contributed by atoms with Gasteiger partial charge in [0.1, 0.15) is 12.0 Å². The smallest absolute Gasteiger partial charge is 0.118 e. The second kappa shape index (κ2) is 11.8. The fourth-order valence-electron chi connectivity index (χ4n) is 6.74. The summed E-state index contributed by atoms with van der Waals surface area (Å²) in [6.07, 6.45) is 11.0. The highest BCUT2D eigenvalue weighted by atomic mass is 15.2. The Morgan fingerprint density at radius 1 is 0.739 bits per heavy atom. The van der Waals surface area contributed by atoms with Gasteiger partial charge in [-0.3, -0.25) is 4.57 Å². The van der Waals surface area contributed by atoms with E-state index in [0.29, 0.717) is 5.56 Å². The molecule has 1 atom stereocenters. The summed E-state index contributed by atoms with van der Waals surface area (Å²) in [6.45, 7) is 0. The predicted molar refractivity (Wildman–Crippen MR) is 191 cm³/mol. The van der Waals surface area contributed by atoms with Gasteiger partial charge in [0.25, 0.3) is 0 Å². The molecule has 0 fully saturated rings. The summed E-state index contributed by atoms with van der Waals surface area (Å²) in [5.41, 5.74) is 12.2. The molecule has 46 heavy (non-hydrogen) atoms. The van der Waals surface area contributed by atoms with Crippen molar-refractivity contribution >= 4 is 34.1 Å². The SMILES string of the molecule is N#Cc1cccc(-c2cccc(C3=CC(Nc4ccccc4-c4ccccc4)NC(n4c5c(c6ccccc64)CCC=C5)=C3)c2)c1. The third-order valence-electron chi connectivity index (χ3n) is 8.88. The Morgan fingerprint density at radius 3 is 2.37 bits per heavy atom. The molecule has 6 aromatic rings. The number of nitrogens with zero attached hydrogens (tertiary/aromatic N) is 2. The Hall–Kier alpha value is -6.05. The molecule has 2 aliphatic rings. The lowest BCUT2D eigenvalue weighted by molar-refractivity contribution is 0.758. The van der Waals surface area contributed by atoms with Crippen molar-refractivity contribution in [2.75, 3.05) is 5.32 Å². The molecule has 4 heteroatoms. The van der Waals surface area contributed by atoms with Crippen molar-refractivity contribution in [2.45, 2.75) is 19.0 Å². The fraction of sp³-hybridized carbons (Fsp3) is 0.0714. The average Bonchev–Trinajstić information content (AvgIpc) is 3.47. The summed E-state index contributed by atoms with van der Waals surface area (Å²) in [5.74, 6) is 1.02. The summed E-state index contributed by atoms with van der Waals surface area (Å²) in [4.78, 5) is 0. The van der Waals surface area contributed by atoms with Crippen LogP contribution in [0.2, 0.25) is 0 Å². The van der Waals surface area contributed by atoms with E-state index in [-0.39, 0.29) is 6.17 Å². The molecule has 1 aromatic heterocycles. The standard InChI is InChI=1S/C42H32N4/c43-28-29-12-10-15-31(24-29)32-16-11-17-33(25-32)34-26-41(44-38-21-7-4-18-35(38)30-13-2-1-3-14-30)45-42(27-34)46-39-22-8-5-19-36(39)37-20-6-9-23-40(37)46/h1-5,7-19,21-27,41,44-45H,6,20H2. The third-order valence-corrected chi connectivity index (χ3v) is 8.88. The monoisotopic (exact) mass is 592 g/mol. The molecule has 0 saturated heterocycles. The maximum Gasteiger partial charge on any atom is 0.118 e. The number of anilines is 1. The summed E-state index contributed by atoms with van der Waals surface area (Å²) >= 11 is 0. The number of rotatable bonds is 6. The number of allylic oxidation sites excluding steroid dienone is 3. The van der Waals surface area contributed by atoms with Crippen LogP contribution >= 0.6 is 0 Å². The van der Waals surface area contributed by atoms with E-state index in [1.807, 2.05) is 18.2 Å². The zero-order valence-corrected chi connectivity index (χ0v) is 25.3. The largest absolute Gasteiger partial charge is 0.362 e. The van der Waals surface area contributed by atoms with Crippen molar-refractivity contribution in [3.8, 4) is 28.3 Å². The first-order valence-electron chi connectivity index (χ1n) is 15.8. The molecule has 0 radical (unpaired) electrons. The highest BCUT2D eigenvalue weighted by Gasteiger charge is 2.24. The van der Waals surface area contributed by atoms with Crippen LogP contribution in [0.15, 0.2) is 146 Å². The lowest BCUT2D eigenvalue weighted by Gasteiger charge is -2.29. The normalized spacial score (nSPS) is 15.3. The minimum atomic E-state index is -0.185. The van der Waals surface area contributed by atoms with E-state index in [4.69, 9.17) is 0 Å². The van der Waals surface area contributed by atoms with E-state index in [9.17, 15) is 5.26 Å². The number of benzene rings is 5. The molecule has 2 heterocycles. The number of nitriles is 1. The first kappa shape index (κ1) is 27.5. The van der Waals surface area contributed by atoms with Crippen LogP contribution in [0.25, 0.3) is 50.6 Å². The van der Waals surface area contributed by atoms with Crippen molar-refractivity contribution in [2.24, 2.45) is 0 Å². The minimum Gasteiger partial charge on any atom is -0.362 e. The first-order chi connectivity index (χ1) is 22.7. The van der Waals surface area contributed by atoms with Crippen molar-refractivity contribution in [3.63, 3.8) is 0 Å². The molecule has 1 aliphatic heterocycles. The van der Waals surface area contributed by atoms with Gasteiger partial charge < -0.3 is 10.6 Å². The van der Waals surface area contributed by atoms with Gasteiger partial charge in [-0.25, -0.2) is 0 Å². The fourth-order valence-corrected chi connectivity index (χ4v) is 6.74. The van der Waals surface area contributed by atoms with Gasteiger partial charge in [-0.05, 0) is 94.8 Å². The van der Waals surface area contributed by atoms with Crippen LogP contribution in [0.4, 0.5) is 5.69 Å². The number of para-hydroxylation sites is 2. The van der Waals surface area contributed by atoms with Gasteiger partial charge in [-0.1, -0.05) is 103 Å². The van der Waals surface area contributed by atoms with Gasteiger partial charge >= 0.3 is 0 Å². The topological polar surface area (TPSA) is 52.8 Å². The molecule has 0 saturated carbocycles. The number of dihydropyridines is 1. The van der Waals surface area contributed by atoms with Crippen LogP contribution in [0.5, 0.6) is 0 Å². The Kier molecular flexibility index (Phi) is 7.05. The van der Waals surface area contributed by atoms with E-state index in [2.05, 4.69) is 155 Å². The second-order valence-corrected chi connectivity index (χ2v) is 11.8. The Balaban J connectivity index is 1.26. The first-order valence-corrected chi connectivity index (χ1v) is 15.8. The quantitative estimate of drug-likeness (QED) is 0.202. The van der Waals surface area contributed by atoms with E-state index in [1.54, 1.807) is 0 Å². The Bertz CT molecular complexity index is 2230. The molecule has 1 aliphatic carbocycles. The lowest BCUT2D eigenvalue weighted by atomic mass is 9.96. The molecular weight excluding hydrogens is 560 g/mol. The van der Waals surface area contributed by atoms with Crippen LogP contribution in [-0.4, -0.2) is 10.7 Å². The van der Waals surface area contributed by atoms with Crippen LogP contribution in [-0.2, 0) is 6.42 Å². The predicted octanol–water partition coefficient (Wildman–Crippen LogP) is 9.73. The number of nitrogens with one attached hydrogen (secondary N) is 2. The van der Waals surface area contributed by atoms with Gasteiger partial charge in [0.05, 0.1) is 22.8 Å². The van der Waals surface area contributed by atoms with Crippen LogP contribution in [0.1, 0.15) is 28.8 Å². The van der Waals surface area contributed by atoms with E-state index >= 15 is 0 Å². The van der Waals surface area contributed by atoms with E-state index in [1.165, 1.54) is 27.7 Å². The molecule has 220 valence electrons. The Morgan fingerprint density at radius 2 is 1.48 bits per heavy atom. The Labute approximate surface area is 269 Å². The molecule has 8 rings (SSSR count). The van der Waals surface area contributed by atoms with Crippen molar-refractivity contribution in [1.82, 2.24) is 9.88 Å². The maximum atomic E-state index is 9.50. The minimum absolute atomic E-state index is 0.185. The van der Waals surface area contributed by atoms with Gasteiger partial charge in [0.15, 0.2) is 0 Å². The molecule has 0 amide bonds. The average molecular weight is 593 g/mol. The van der Waals surface area contributed by atoms with Crippen LogP contribution < -0.4 is 10.6 Å². The van der Waals surface area contributed by atoms with E-state index < -0.39 is 0 Å². The molecule has 5 aromatic carbocycles. The number of aromatic nitrogens is 1. The van der Waals surface area contributed by atoms with Crippen molar-refractivity contribution < 1.29 is 0 Å². The van der Waals surface area contributed by atoms with Crippen LogP contribution in [0.3, 0.4) is 0 Å². The molecule has 1 unspecified atom stereocenters. The summed E-state index contributed by atoms with van der Waals surface area (Å²) in [7, 11) is 0. The lowest BCUT2D eigenvalue weighted by Crippen LogP contribution is -2.37. The highest BCUT2D eigenvalue weighted by Crippen LogP contribution is 2.36. The van der Waals surface area contributed by atoms with Gasteiger partial charge in [0, 0.05) is 16.6 Å². The summed E-state index contributed by atoms with van der Waals surface area (Å²) in [5, 5.41) is 18.5.